The maximum absolute atomic E-state index is 3.15. The van der Waals surface area contributed by atoms with Crippen LogP contribution in [0.2, 0.25) is 0 Å². The fourth-order valence-corrected chi connectivity index (χ4v) is 1.20. The van der Waals surface area contributed by atoms with Crippen molar-refractivity contribution in [2.45, 2.75) is 32.4 Å². The summed E-state index contributed by atoms with van der Waals surface area (Å²) < 4.78 is 0. The van der Waals surface area contributed by atoms with E-state index in [1.54, 1.807) is 0 Å². The van der Waals surface area contributed by atoms with Crippen molar-refractivity contribution in [2.75, 3.05) is 5.75 Å². The first kappa shape index (κ1) is 8.91. The number of hydrogen-bond donors (Lipinski definition) is 0. The molecule has 0 aromatic rings. The van der Waals surface area contributed by atoms with E-state index in [-0.39, 0.29) is 0 Å². The van der Waals surface area contributed by atoms with Gasteiger partial charge in [-0.3, -0.25) is 0 Å². The van der Waals surface area contributed by atoms with Gasteiger partial charge in [0, 0.05) is 6.42 Å². The first-order valence-electron chi connectivity index (χ1n) is 3.41. The summed E-state index contributed by atoms with van der Waals surface area (Å²) in [7, 11) is 0. The van der Waals surface area contributed by atoms with Gasteiger partial charge in [0.1, 0.15) is 0 Å². The Kier molecular flexibility index (Phi) is 5.98. The van der Waals surface area contributed by atoms with Gasteiger partial charge in [-0.1, -0.05) is 19.8 Å². The molecule has 0 saturated carbocycles. The van der Waals surface area contributed by atoms with E-state index in [1.807, 2.05) is 11.8 Å². The molecule has 0 spiro atoms. The maximum atomic E-state index is 3.15. The van der Waals surface area contributed by atoms with E-state index in [1.165, 1.54) is 5.75 Å². The number of hydrogen-bond acceptors (Lipinski definition) is 1. The highest BCUT2D eigenvalue weighted by Gasteiger charge is 1.91. The largest absolute Gasteiger partial charge is 0.146 e. The molecule has 0 nitrogen and oxygen atoms in total. The molecule has 0 heterocycles. The second-order valence-electron chi connectivity index (χ2n) is 1.77. The molecule has 0 fully saturated rings. The molecule has 52 valence electrons. The van der Waals surface area contributed by atoms with Crippen LogP contribution in [0.4, 0.5) is 0 Å². The molecule has 1 atom stereocenters. The van der Waals surface area contributed by atoms with Gasteiger partial charge in [0.15, 0.2) is 0 Å². The molecule has 0 aliphatic rings. The predicted molar refractivity (Wildman–Crippen MR) is 45.7 cm³/mol. The molecule has 0 aromatic heterocycles. The molecule has 0 radical (unpaired) electrons. The minimum Gasteiger partial charge on any atom is -0.146 e. The minimum absolute atomic E-state index is 0.523. The Morgan fingerprint density at radius 2 is 2.11 bits per heavy atom. The third-order valence-corrected chi connectivity index (χ3v) is 1.85. The SMILES string of the molecule is CCC#CC(C)SCC. The van der Waals surface area contributed by atoms with Crippen LogP contribution in [-0.2, 0) is 0 Å². The first-order valence-corrected chi connectivity index (χ1v) is 4.46. The third kappa shape index (κ3) is 5.79. The van der Waals surface area contributed by atoms with Crippen molar-refractivity contribution in [2.24, 2.45) is 0 Å². The zero-order valence-electron chi connectivity index (χ0n) is 6.40. The van der Waals surface area contributed by atoms with Crippen molar-refractivity contribution in [1.82, 2.24) is 0 Å². The van der Waals surface area contributed by atoms with Gasteiger partial charge in [0.2, 0.25) is 0 Å². The minimum atomic E-state index is 0.523. The molecule has 0 amide bonds. The molecule has 1 unspecified atom stereocenters. The lowest BCUT2D eigenvalue weighted by Crippen LogP contribution is -1.89. The quantitative estimate of drug-likeness (QED) is 0.534. The second kappa shape index (κ2) is 6.04. The summed E-state index contributed by atoms with van der Waals surface area (Å²) in [6.07, 6.45) is 0.981. The van der Waals surface area contributed by atoms with Crippen molar-refractivity contribution >= 4 is 11.8 Å². The molecule has 0 N–H and O–H groups in total. The number of thioether (sulfide) groups is 1. The summed E-state index contributed by atoms with van der Waals surface area (Å²) in [4.78, 5) is 0. The van der Waals surface area contributed by atoms with Gasteiger partial charge >= 0.3 is 0 Å². The van der Waals surface area contributed by atoms with Crippen molar-refractivity contribution in [3.05, 3.63) is 0 Å². The van der Waals surface area contributed by atoms with Gasteiger partial charge in [0.05, 0.1) is 5.25 Å². The average molecular weight is 142 g/mol. The Balaban J connectivity index is 3.36. The van der Waals surface area contributed by atoms with E-state index >= 15 is 0 Å². The predicted octanol–water partition coefficient (Wildman–Crippen LogP) is 2.54. The standard InChI is InChI=1S/C8H14S/c1-4-6-7-8(3)9-5-2/h8H,4-5H2,1-3H3. The molecule has 0 aliphatic carbocycles. The summed E-state index contributed by atoms with van der Waals surface area (Å²) in [6, 6.07) is 0. The monoisotopic (exact) mass is 142 g/mol. The van der Waals surface area contributed by atoms with Crippen LogP contribution in [0, 0.1) is 11.8 Å². The Labute approximate surface area is 62.4 Å². The molecule has 0 saturated heterocycles. The summed E-state index contributed by atoms with van der Waals surface area (Å²) in [5.74, 6) is 7.37. The fraction of sp³-hybridized carbons (Fsp3) is 0.750. The zero-order valence-corrected chi connectivity index (χ0v) is 7.22. The molecule has 0 bridgehead atoms. The van der Waals surface area contributed by atoms with Crippen LogP contribution in [0.5, 0.6) is 0 Å². The van der Waals surface area contributed by atoms with Crippen LogP contribution in [0.15, 0.2) is 0 Å². The van der Waals surface area contributed by atoms with E-state index in [9.17, 15) is 0 Å². The summed E-state index contributed by atoms with van der Waals surface area (Å²) in [5.41, 5.74) is 0. The van der Waals surface area contributed by atoms with Gasteiger partial charge in [0.25, 0.3) is 0 Å². The zero-order chi connectivity index (χ0) is 7.11. The van der Waals surface area contributed by atoms with E-state index in [2.05, 4.69) is 32.6 Å². The summed E-state index contributed by atoms with van der Waals surface area (Å²) in [5, 5.41) is 0.523. The topological polar surface area (TPSA) is 0 Å². The Hall–Kier alpha value is -0.0900. The van der Waals surface area contributed by atoms with Crippen LogP contribution < -0.4 is 0 Å². The highest BCUT2D eigenvalue weighted by molar-refractivity contribution is 8.00. The van der Waals surface area contributed by atoms with Crippen LogP contribution in [0.1, 0.15) is 27.2 Å². The van der Waals surface area contributed by atoms with E-state index in [4.69, 9.17) is 0 Å². The average Bonchev–Trinajstić information content (AvgIpc) is 1.85. The normalized spacial score (nSPS) is 11.9. The highest BCUT2D eigenvalue weighted by Crippen LogP contribution is 2.06. The van der Waals surface area contributed by atoms with Crippen LogP contribution >= 0.6 is 11.8 Å². The summed E-state index contributed by atoms with van der Waals surface area (Å²) >= 11 is 1.90. The lowest BCUT2D eigenvalue weighted by Gasteiger charge is -1.97. The highest BCUT2D eigenvalue weighted by atomic mass is 32.2. The Morgan fingerprint density at radius 1 is 1.44 bits per heavy atom. The van der Waals surface area contributed by atoms with Crippen LogP contribution in [0.25, 0.3) is 0 Å². The fourth-order valence-electron chi connectivity index (χ4n) is 0.537. The van der Waals surface area contributed by atoms with E-state index in [0.717, 1.165) is 6.42 Å². The van der Waals surface area contributed by atoms with Gasteiger partial charge in [-0.25, -0.2) is 0 Å². The van der Waals surface area contributed by atoms with Crippen molar-refractivity contribution < 1.29 is 0 Å². The molecular weight excluding hydrogens is 128 g/mol. The molecule has 9 heavy (non-hydrogen) atoms. The first-order chi connectivity index (χ1) is 4.31. The van der Waals surface area contributed by atoms with Crippen molar-refractivity contribution in [3.8, 4) is 11.8 Å². The van der Waals surface area contributed by atoms with Gasteiger partial charge < -0.3 is 0 Å². The van der Waals surface area contributed by atoms with Crippen molar-refractivity contribution in [3.63, 3.8) is 0 Å². The Morgan fingerprint density at radius 3 is 2.56 bits per heavy atom. The van der Waals surface area contributed by atoms with Gasteiger partial charge in [-0.2, -0.15) is 0 Å². The van der Waals surface area contributed by atoms with E-state index in [0.29, 0.717) is 5.25 Å². The molecular formula is C8H14S. The molecule has 0 aliphatic heterocycles. The lowest BCUT2D eigenvalue weighted by atomic mass is 10.4. The summed E-state index contributed by atoms with van der Waals surface area (Å²) in [6.45, 7) is 6.39. The Bertz CT molecular complexity index is 107. The maximum Gasteiger partial charge on any atom is 0.0628 e. The van der Waals surface area contributed by atoms with Crippen LogP contribution in [-0.4, -0.2) is 11.0 Å². The smallest absolute Gasteiger partial charge is 0.0628 e. The third-order valence-electron chi connectivity index (χ3n) is 0.899. The van der Waals surface area contributed by atoms with Gasteiger partial charge in [-0.05, 0) is 12.7 Å². The van der Waals surface area contributed by atoms with Crippen LogP contribution in [0.3, 0.4) is 0 Å². The molecule has 0 rings (SSSR count). The lowest BCUT2D eigenvalue weighted by molar-refractivity contribution is 1.24. The number of rotatable bonds is 2. The molecule has 1 heteroatoms. The second-order valence-corrected chi connectivity index (χ2v) is 3.39. The van der Waals surface area contributed by atoms with Gasteiger partial charge in [-0.15, -0.1) is 17.7 Å². The van der Waals surface area contributed by atoms with E-state index < -0.39 is 0 Å². The van der Waals surface area contributed by atoms with Crippen molar-refractivity contribution in [1.29, 1.82) is 0 Å². The molecule has 0 aromatic carbocycles.